The predicted molar refractivity (Wildman–Crippen MR) is 178 cm³/mol. The second kappa shape index (κ2) is 14.4. The molecule has 1 saturated carbocycles. The minimum Gasteiger partial charge on any atom is -0.343 e. The summed E-state index contributed by atoms with van der Waals surface area (Å²) in [5, 5.41) is 14.2. The van der Waals surface area contributed by atoms with Crippen molar-refractivity contribution in [3.05, 3.63) is 69.2 Å². The van der Waals surface area contributed by atoms with Gasteiger partial charge < -0.3 is 18.8 Å². The lowest BCUT2D eigenvalue weighted by atomic mass is 9.96. The quantitative estimate of drug-likeness (QED) is 0.171. The van der Waals surface area contributed by atoms with Gasteiger partial charge in [0.15, 0.2) is 0 Å². The van der Waals surface area contributed by atoms with E-state index in [4.69, 9.17) is 9.05 Å². The van der Waals surface area contributed by atoms with Crippen molar-refractivity contribution in [2.45, 2.75) is 63.2 Å². The van der Waals surface area contributed by atoms with E-state index in [9.17, 15) is 9.59 Å². The number of rotatable bonds is 8. The molecule has 0 spiro atoms. The molecule has 240 valence electrons. The second-order valence-corrected chi connectivity index (χ2v) is 15.0. The molecule has 0 bridgehead atoms. The molecule has 2 saturated heterocycles. The Labute approximate surface area is 279 Å². The second-order valence-electron chi connectivity index (χ2n) is 12.1. The lowest BCUT2D eigenvalue weighted by molar-refractivity contribution is -0.133. The molecule has 0 unspecified atom stereocenters. The molecule has 5 aromatic rings. The minimum atomic E-state index is 0.209. The molecular formula is C33H36N6O4S3. The smallest absolute Gasteiger partial charge is 0.230 e. The van der Waals surface area contributed by atoms with Crippen molar-refractivity contribution in [1.82, 2.24) is 30.1 Å². The van der Waals surface area contributed by atoms with Gasteiger partial charge in [0.25, 0.3) is 0 Å². The maximum Gasteiger partial charge on any atom is 0.230 e. The number of carbonyl (C=O) groups is 2. The van der Waals surface area contributed by atoms with Gasteiger partial charge in [0, 0.05) is 49.3 Å². The molecule has 2 amide bonds. The van der Waals surface area contributed by atoms with Gasteiger partial charge in [-0.3, -0.25) is 9.59 Å². The minimum absolute atomic E-state index is 0.209. The highest BCUT2D eigenvalue weighted by Crippen LogP contribution is 2.35. The van der Waals surface area contributed by atoms with E-state index in [1.807, 2.05) is 62.3 Å². The Morgan fingerprint density at radius 3 is 1.63 bits per heavy atom. The van der Waals surface area contributed by atoms with E-state index < -0.39 is 0 Å². The van der Waals surface area contributed by atoms with Gasteiger partial charge in [-0.05, 0) is 78.8 Å². The van der Waals surface area contributed by atoms with Crippen LogP contribution in [0.1, 0.15) is 73.4 Å². The molecule has 0 atom stereocenters. The van der Waals surface area contributed by atoms with E-state index in [0.717, 1.165) is 78.8 Å². The fourth-order valence-corrected chi connectivity index (χ4v) is 7.93. The van der Waals surface area contributed by atoms with Crippen LogP contribution in [0.5, 0.6) is 0 Å². The fraction of sp³-hybridized carbons (Fsp3) is 0.455. The van der Waals surface area contributed by atoms with Crippen molar-refractivity contribution >= 4 is 45.8 Å². The van der Waals surface area contributed by atoms with Crippen LogP contribution < -0.4 is 0 Å². The summed E-state index contributed by atoms with van der Waals surface area (Å²) >= 11 is 4.85. The lowest BCUT2D eigenvalue weighted by Gasteiger charge is -2.30. The average molecular weight is 677 g/mol. The van der Waals surface area contributed by atoms with Crippen LogP contribution in [-0.4, -0.2) is 68.1 Å². The highest BCUT2D eigenvalue weighted by atomic mass is 32.1. The summed E-state index contributed by atoms with van der Waals surface area (Å²) in [6.07, 6.45) is 7.31. The summed E-state index contributed by atoms with van der Waals surface area (Å²) in [6.45, 7) is 3.14. The standard InChI is InChI=1S/C17H17N3O2S2.C16H19N3O2S/c21-15(11-13-3-1-9-23-13)20-7-5-12(6-8-20)17-18-16(19-22-17)14-4-2-10-24-14;20-14(10-11-3-4-11)19-7-5-12(6-8-19)16-17-15(18-21-16)13-2-1-9-22-13/h1-4,9-10,12H,5-8,11H2;1-2,9,11-12H,3-8,10H2. The van der Waals surface area contributed by atoms with Gasteiger partial charge in [-0.15, -0.1) is 34.0 Å². The summed E-state index contributed by atoms with van der Waals surface area (Å²) in [5.41, 5.74) is 0. The number of thiophene rings is 3. The monoisotopic (exact) mass is 676 g/mol. The molecule has 3 fully saturated rings. The zero-order chi connectivity index (χ0) is 31.3. The first-order chi connectivity index (χ1) is 22.6. The van der Waals surface area contributed by atoms with Crippen LogP contribution in [0.4, 0.5) is 0 Å². The predicted octanol–water partition coefficient (Wildman–Crippen LogP) is 7.11. The number of piperidine rings is 2. The Hall–Kier alpha value is -3.68. The van der Waals surface area contributed by atoms with Crippen molar-refractivity contribution in [3.63, 3.8) is 0 Å². The fourth-order valence-electron chi connectivity index (χ4n) is 5.94. The molecular weight excluding hydrogens is 641 g/mol. The summed E-state index contributed by atoms with van der Waals surface area (Å²) in [7, 11) is 0. The number of likely N-dealkylation sites (tertiary alicyclic amines) is 2. The van der Waals surface area contributed by atoms with Gasteiger partial charge in [0.05, 0.1) is 16.2 Å². The van der Waals surface area contributed by atoms with E-state index in [2.05, 4.69) is 20.3 Å². The van der Waals surface area contributed by atoms with Gasteiger partial charge in [-0.2, -0.15) is 9.97 Å². The molecule has 1 aliphatic carbocycles. The zero-order valence-electron chi connectivity index (χ0n) is 25.5. The number of aromatic nitrogens is 4. The van der Waals surface area contributed by atoms with Gasteiger partial charge in [0.2, 0.25) is 35.2 Å². The van der Waals surface area contributed by atoms with E-state index in [1.54, 1.807) is 34.0 Å². The summed E-state index contributed by atoms with van der Waals surface area (Å²) in [5.74, 6) is 4.49. The molecule has 0 radical (unpaired) electrons. The Morgan fingerprint density at radius 2 is 1.17 bits per heavy atom. The molecule has 46 heavy (non-hydrogen) atoms. The number of hydrogen-bond donors (Lipinski definition) is 0. The summed E-state index contributed by atoms with van der Waals surface area (Å²) < 4.78 is 10.9. The third-order valence-electron chi connectivity index (χ3n) is 8.83. The topological polar surface area (TPSA) is 118 Å². The van der Waals surface area contributed by atoms with Crippen LogP contribution in [-0.2, 0) is 16.0 Å². The summed E-state index contributed by atoms with van der Waals surface area (Å²) in [4.78, 5) is 40.7. The molecule has 0 aromatic carbocycles. The normalized spacial score (nSPS) is 17.6. The van der Waals surface area contributed by atoms with E-state index in [0.29, 0.717) is 35.8 Å². The van der Waals surface area contributed by atoms with Crippen LogP contribution in [0.15, 0.2) is 61.6 Å². The molecule has 7 heterocycles. The molecule has 0 N–H and O–H groups in total. The zero-order valence-corrected chi connectivity index (χ0v) is 27.9. The van der Waals surface area contributed by atoms with Crippen LogP contribution in [0.2, 0.25) is 0 Å². The SMILES string of the molecule is O=C(CC1CC1)N1CCC(c2nc(-c3cccs3)no2)CC1.O=C(Cc1cccs1)N1CCC(c2nc(-c3cccs3)no2)CC1. The Balaban J connectivity index is 0.000000147. The van der Waals surface area contributed by atoms with Crippen molar-refractivity contribution < 1.29 is 18.6 Å². The number of carbonyl (C=O) groups excluding carboxylic acids is 2. The molecule has 8 rings (SSSR count). The Morgan fingerprint density at radius 1 is 0.674 bits per heavy atom. The number of nitrogens with zero attached hydrogens (tertiary/aromatic N) is 6. The van der Waals surface area contributed by atoms with E-state index in [1.165, 1.54) is 12.8 Å². The first kappa shape index (κ1) is 30.9. The third kappa shape index (κ3) is 7.64. The number of amides is 2. The molecule has 13 heteroatoms. The molecule has 3 aliphatic rings. The first-order valence-electron chi connectivity index (χ1n) is 15.9. The van der Waals surface area contributed by atoms with E-state index >= 15 is 0 Å². The maximum atomic E-state index is 12.4. The number of hydrogen-bond acceptors (Lipinski definition) is 11. The largest absolute Gasteiger partial charge is 0.343 e. The molecule has 2 aliphatic heterocycles. The third-order valence-corrected chi connectivity index (χ3v) is 11.4. The van der Waals surface area contributed by atoms with Crippen molar-refractivity contribution in [3.8, 4) is 21.4 Å². The highest BCUT2D eigenvalue weighted by molar-refractivity contribution is 7.13. The van der Waals surface area contributed by atoms with E-state index in [-0.39, 0.29) is 17.7 Å². The first-order valence-corrected chi connectivity index (χ1v) is 18.6. The average Bonchev–Trinajstić information content (AvgIpc) is 3.79. The van der Waals surface area contributed by atoms with Crippen LogP contribution >= 0.6 is 34.0 Å². The van der Waals surface area contributed by atoms with Gasteiger partial charge >= 0.3 is 0 Å². The lowest BCUT2D eigenvalue weighted by Crippen LogP contribution is -2.38. The molecule has 5 aromatic heterocycles. The molecule has 10 nitrogen and oxygen atoms in total. The Bertz CT molecular complexity index is 1680. The van der Waals surface area contributed by atoms with Crippen LogP contribution in [0.25, 0.3) is 21.4 Å². The van der Waals surface area contributed by atoms with Crippen molar-refractivity contribution in [2.24, 2.45) is 5.92 Å². The maximum absolute atomic E-state index is 12.4. The van der Waals surface area contributed by atoms with Crippen LogP contribution in [0, 0.1) is 5.92 Å². The van der Waals surface area contributed by atoms with Gasteiger partial charge in [0.1, 0.15) is 0 Å². The van der Waals surface area contributed by atoms with Crippen molar-refractivity contribution in [2.75, 3.05) is 26.2 Å². The van der Waals surface area contributed by atoms with Crippen LogP contribution in [0.3, 0.4) is 0 Å². The summed E-state index contributed by atoms with van der Waals surface area (Å²) in [6, 6.07) is 12.0. The van der Waals surface area contributed by atoms with Gasteiger partial charge in [-0.25, -0.2) is 0 Å². The Kier molecular flexibility index (Phi) is 9.68. The van der Waals surface area contributed by atoms with Crippen molar-refractivity contribution in [1.29, 1.82) is 0 Å². The van der Waals surface area contributed by atoms with Gasteiger partial charge in [-0.1, -0.05) is 28.5 Å². The highest BCUT2D eigenvalue weighted by Gasteiger charge is 2.31.